The zero-order valence-electron chi connectivity index (χ0n) is 16.9. The first kappa shape index (κ1) is 21.9. The van der Waals surface area contributed by atoms with Crippen LogP contribution in [-0.4, -0.2) is 43.2 Å². The largest absolute Gasteiger partial charge is 0.352 e. The fourth-order valence-corrected chi connectivity index (χ4v) is 5.77. The summed E-state index contributed by atoms with van der Waals surface area (Å²) >= 11 is 1.67. The van der Waals surface area contributed by atoms with E-state index in [0.29, 0.717) is 25.2 Å². The second-order valence-corrected chi connectivity index (χ2v) is 10.3. The van der Waals surface area contributed by atoms with Crippen LogP contribution in [0.5, 0.6) is 0 Å². The van der Waals surface area contributed by atoms with Crippen LogP contribution < -0.4 is 5.32 Å². The summed E-state index contributed by atoms with van der Waals surface area (Å²) in [5, 5.41) is 6.09. The van der Waals surface area contributed by atoms with Crippen LogP contribution in [0.3, 0.4) is 0 Å². The number of unbranched alkanes of at least 4 members (excludes halogenated alkanes) is 1. The Morgan fingerprint density at radius 3 is 2.41 bits per heavy atom. The predicted octanol–water partition coefficient (Wildman–Crippen LogP) is 3.77. The van der Waals surface area contributed by atoms with Gasteiger partial charge in [0.05, 0.1) is 9.90 Å². The molecule has 1 aliphatic heterocycles. The van der Waals surface area contributed by atoms with E-state index in [9.17, 15) is 13.2 Å². The molecule has 0 aliphatic carbocycles. The second kappa shape index (κ2) is 10.3. The minimum atomic E-state index is -3.48. The molecule has 0 unspecified atom stereocenters. The Labute approximate surface area is 177 Å². The number of aryl methyl sites for hydroxylation is 2. The molecule has 1 N–H and O–H groups in total. The van der Waals surface area contributed by atoms with E-state index in [-0.39, 0.29) is 10.8 Å². The molecule has 3 rings (SSSR count). The zero-order chi connectivity index (χ0) is 20.7. The van der Waals surface area contributed by atoms with Gasteiger partial charge in [0.1, 0.15) is 0 Å². The Hall–Kier alpha value is -1.77. The smallest absolute Gasteiger partial charge is 0.251 e. The van der Waals surface area contributed by atoms with Gasteiger partial charge in [0.15, 0.2) is 0 Å². The van der Waals surface area contributed by atoms with Gasteiger partial charge < -0.3 is 5.32 Å². The monoisotopic (exact) mass is 435 g/mol. The molecule has 1 aromatic carbocycles. The molecule has 158 valence electrons. The van der Waals surface area contributed by atoms with Crippen LogP contribution in [-0.2, 0) is 16.4 Å². The van der Waals surface area contributed by atoms with Crippen molar-refractivity contribution >= 4 is 27.3 Å². The Kier molecular flexibility index (Phi) is 7.80. The number of rotatable bonds is 8. The van der Waals surface area contributed by atoms with Crippen LogP contribution >= 0.6 is 11.3 Å². The molecule has 1 amide bonds. The van der Waals surface area contributed by atoms with E-state index in [1.165, 1.54) is 0 Å². The molecule has 2 aromatic rings. The van der Waals surface area contributed by atoms with Gasteiger partial charge in [0.25, 0.3) is 5.91 Å². The van der Waals surface area contributed by atoms with Crippen LogP contribution in [0.25, 0.3) is 0 Å². The van der Waals surface area contributed by atoms with Gasteiger partial charge in [0, 0.05) is 36.3 Å². The highest BCUT2D eigenvalue weighted by Gasteiger charge is 2.25. The van der Waals surface area contributed by atoms with Crippen molar-refractivity contribution in [1.29, 1.82) is 0 Å². The van der Waals surface area contributed by atoms with Crippen LogP contribution in [0.1, 0.15) is 59.6 Å². The van der Waals surface area contributed by atoms with Gasteiger partial charge >= 0.3 is 0 Å². The third-order valence-corrected chi connectivity index (χ3v) is 8.03. The van der Waals surface area contributed by atoms with Crippen LogP contribution in [0.15, 0.2) is 34.5 Å². The fraction of sp³-hybridized carbons (Fsp3) is 0.524. The van der Waals surface area contributed by atoms with Crippen molar-refractivity contribution in [2.24, 2.45) is 0 Å². The van der Waals surface area contributed by atoms with Gasteiger partial charge in [0.2, 0.25) is 10.0 Å². The zero-order valence-corrected chi connectivity index (χ0v) is 18.5. The highest BCUT2D eigenvalue weighted by molar-refractivity contribution is 7.89. The molecule has 1 aliphatic rings. The van der Waals surface area contributed by atoms with E-state index < -0.39 is 10.0 Å². The molecular formula is C21H29N3O3S2. The number of aromatic nitrogens is 1. The van der Waals surface area contributed by atoms with Crippen molar-refractivity contribution in [2.75, 3.05) is 19.6 Å². The fourth-order valence-electron chi connectivity index (χ4n) is 3.43. The minimum Gasteiger partial charge on any atom is -0.352 e. The third kappa shape index (κ3) is 6.10. The molecule has 0 saturated carbocycles. The quantitative estimate of drug-likeness (QED) is 0.640. The summed E-state index contributed by atoms with van der Waals surface area (Å²) in [6, 6.07) is 6.27. The molecule has 0 radical (unpaired) electrons. The van der Waals surface area contributed by atoms with Crippen LogP contribution in [0, 0.1) is 6.92 Å². The van der Waals surface area contributed by atoms with E-state index in [0.717, 1.165) is 55.6 Å². The van der Waals surface area contributed by atoms with Crippen molar-refractivity contribution in [3.8, 4) is 0 Å². The Balaban J connectivity index is 1.47. The first-order valence-electron chi connectivity index (χ1n) is 10.3. The normalized spacial score (nSPS) is 15.8. The second-order valence-electron chi connectivity index (χ2n) is 7.44. The van der Waals surface area contributed by atoms with E-state index >= 15 is 0 Å². The standard InChI is InChI=1S/C21H29N3O3S2/c1-17-16-28-20(23-17)8-4-5-13-22-21(25)18-9-11-19(12-10-18)29(26,27)24-14-6-2-3-7-15-24/h9-12,16H,2-8,13-15H2,1H3,(H,22,25). The summed E-state index contributed by atoms with van der Waals surface area (Å²) < 4.78 is 27.2. The number of nitrogens with one attached hydrogen (secondary N) is 1. The maximum atomic E-state index is 12.8. The van der Waals surface area contributed by atoms with Gasteiger partial charge in [-0.05, 0) is 63.3 Å². The molecule has 29 heavy (non-hydrogen) atoms. The van der Waals surface area contributed by atoms with E-state index in [1.807, 2.05) is 12.3 Å². The minimum absolute atomic E-state index is 0.172. The molecule has 6 nitrogen and oxygen atoms in total. The summed E-state index contributed by atoms with van der Waals surface area (Å²) in [6.07, 6.45) is 6.75. The maximum Gasteiger partial charge on any atom is 0.251 e. The SMILES string of the molecule is Cc1csc(CCCCNC(=O)c2ccc(S(=O)(=O)N3CCCCCC3)cc2)n1. The molecule has 0 spiro atoms. The summed E-state index contributed by atoms with van der Waals surface area (Å²) in [7, 11) is -3.48. The van der Waals surface area contributed by atoms with Crippen molar-refractivity contribution in [3.63, 3.8) is 0 Å². The number of carbonyl (C=O) groups is 1. The van der Waals surface area contributed by atoms with Gasteiger partial charge in [-0.15, -0.1) is 11.3 Å². The van der Waals surface area contributed by atoms with Crippen LogP contribution in [0.4, 0.5) is 0 Å². The lowest BCUT2D eigenvalue weighted by Crippen LogP contribution is -2.32. The Morgan fingerprint density at radius 1 is 1.10 bits per heavy atom. The van der Waals surface area contributed by atoms with Gasteiger partial charge in [-0.25, -0.2) is 13.4 Å². The van der Waals surface area contributed by atoms with Crippen molar-refractivity contribution in [3.05, 3.63) is 45.9 Å². The summed E-state index contributed by atoms with van der Waals surface area (Å²) in [4.78, 5) is 17.0. The lowest BCUT2D eigenvalue weighted by atomic mass is 10.2. The number of amides is 1. The lowest BCUT2D eigenvalue weighted by molar-refractivity contribution is 0.0953. The molecule has 8 heteroatoms. The molecule has 1 aromatic heterocycles. The number of sulfonamides is 1. The average Bonchev–Trinajstić information content (AvgIpc) is 2.95. The van der Waals surface area contributed by atoms with Crippen molar-refractivity contribution in [2.45, 2.75) is 56.8 Å². The maximum absolute atomic E-state index is 12.8. The number of hydrogen-bond donors (Lipinski definition) is 1. The highest BCUT2D eigenvalue weighted by atomic mass is 32.2. The Bertz CT molecular complexity index is 900. The topological polar surface area (TPSA) is 79.4 Å². The lowest BCUT2D eigenvalue weighted by Gasteiger charge is -2.20. The molecule has 1 fully saturated rings. The molecule has 1 saturated heterocycles. The average molecular weight is 436 g/mol. The van der Waals surface area contributed by atoms with Crippen LogP contribution in [0.2, 0.25) is 0 Å². The van der Waals surface area contributed by atoms with Crippen molar-refractivity contribution < 1.29 is 13.2 Å². The predicted molar refractivity (Wildman–Crippen MR) is 116 cm³/mol. The van der Waals surface area contributed by atoms with Crippen molar-refractivity contribution in [1.82, 2.24) is 14.6 Å². The summed E-state index contributed by atoms with van der Waals surface area (Å²) in [5.74, 6) is -0.172. The number of thiazole rings is 1. The van der Waals surface area contributed by atoms with E-state index in [1.54, 1.807) is 39.9 Å². The molecule has 0 bridgehead atoms. The van der Waals surface area contributed by atoms with E-state index in [2.05, 4.69) is 10.3 Å². The Morgan fingerprint density at radius 2 is 1.79 bits per heavy atom. The van der Waals surface area contributed by atoms with E-state index in [4.69, 9.17) is 0 Å². The van der Waals surface area contributed by atoms with Gasteiger partial charge in [-0.3, -0.25) is 4.79 Å². The highest BCUT2D eigenvalue weighted by Crippen LogP contribution is 2.20. The summed E-state index contributed by atoms with van der Waals surface area (Å²) in [5.41, 5.74) is 1.54. The first-order chi connectivity index (χ1) is 14.0. The number of nitrogens with zero attached hydrogens (tertiary/aromatic N) is 2. The number of benzene rings is 1. The number of hydrogen-bond acceptors (Lipinski definition) is 5. The molecular weight excluding hydrogens is 406 g/mol. The first-order valence-corrected chi connectivity index (χ1v) is 12.6. The molecule has 0 atom stereocenters. The van der Waals surface area contributed by atoms with Gasteiger partial charge in [-0.2, -0.15) is 4.31 Å². The number of carbonyl (C=O) groups excluding carboxylic acids is 1. The summed E-state index contributed by atoms with van der Waals surface area (Å²) in [6.45, 7) is 3.73. The molecule has 2 heterocycles. The van der Waals surface area contributed by atoms with Gasteiger partial charge in [-0.1, -0.05) is 12.8 Å². The third-order valence-electron chi connectivity index (χ3n) is 5.09.